The quantitative estimate of drug-likeness (QED) is 0.542. The number of amides is 3. The first-order valence-corrected chi connectivity index (χ1v) is 9.33. The summed E-state index contributed by atoms with van der Waals surface area (Å²) in [5.74, 6) is -2.69. The summed E-state index contributed by atoms with van der Waals surface area (Å²) in [6, 6.07) is 1.95. The molecule has 1 N–H and O–H groups in total. The van der Waals surface area contributed by atoms with Gasteiger partial charge in [0.25, 0.3) is 5.91 Å². The van der Waals surface area contributed by atoms with Crippen molar-refractivity contribution in [1.82, 2.24) is 20.2 Å². The molecule has 0 saturated carbocycles. The molecule has 1 spiro atoms. The Labute approximate surface area is 185 Å². The molecule has 172 valence electrons. The lowest BCUT2D eigenvalue weighted by Crippen LogP contribution is -2.55. The third-order valence-corrected chi connectivity index (χ3v) is 5.39. The van der Waals surface area contributed by atoms with E-state index in [0.717, 1.165) is 12.1 Å². The molecule has 7 nitrogen and oxygen atoms in total. The van der Waals surface area contributed by atoms with Gasteiger partial charge in [0.05, 0.1) is 12.4 Å². The number of rotatable bonds is 3. The molecule has 0 aliphatic carbocycles. The van der Waals surface area contributed by atoms with Gasteiger partial charge in [-0.3, -0.25) is 4.79 Å². The minimum Gasteiger partial charge on any atom is -0.317 e. The molecular formula is C19H17ClF5N5O2. The van der Waals surface area contributed by atoms with Gasteiger partial charge >= 0.3 is 12.2 Å². The highest BCUT2D eigenvalue weighted by atomic mass is 35.5. The maximum atomic E-state index is 13.6. The fourth-order valence-corrected chi connectivity index (χ4v) is 3.93. The van der Waals surface area contributed by atoms with Crippen molar-refractivity contribution in [3.05, 3.63) is 53.5 Å². The molecule has 1 aromatic heterocycles. The second-order valence-corrected chi connectivity index (χ2v) is 7.33. The standard InChI is InChI=1S/C19H16F5N5O2.ClH/c20-12-5-11(6-13(21)7-12)10-28-17(31)29(16(30)18(28)1-3-25-4-2-18)15-9-26-14(8-27-15)19(22,23)24;/h5-9,25H,1-4,10H2;1H. The van der Waals surface area contributed by atoms with Gasteiger partial charge in [0, 0.05) is 12.6 Å². The summed E-state index contributed by atoms with van der Waals surface area (Å²) in [6.07, 6.45) is -3.14. The lowest BCUT2D eigenvalue weighted by Gasteiger charge is -2.38. The minimum absolute atomic E-state index is 0. The molecule has 2 aliphatic rings. The van der Waals surface area contributed by atoms with Crippen LogP contribution in [0, 0.1) is 11.6 Å². The van der Waals surface area contributed by atoms with Crippen molar-refractivity contribution in [3.8, 4) is 0 Å². The van der Waals surface area contributed by atoms with Crippen LogP contribution in [0.15, 0.2) is 30.6 Å². The molecule has 2 aromatic rings. The van der Waals surface area contributed by atoms with E-state index in [1.807, 2.05) is 0 Å². The number of hydrogen-bond acceptors (Lipinski definition) is 5. The molecule has 2 fully saturated rings. The van der Waals surface area contributed by atoms with Crippen LogP contribution in [0.1, 0.15) is 24.1 Å². The van der Waals surface area contributed by atoms with E-state index < -0.39 is 41.0 Å². The smallest absolute Gasteiger partial charge is 0.317 e. The third kappa shape index (κ3) is 4.11. The molecule has 0 radical (unpaired) electrons. The number of imide groups is 1. The van der Waals surface area contributed by atoms with Crippen molar-refractivity contribution < 1.29 is 31.5 Å². The number of anilines is 1. The van der Waals surface area contributed by atoms with Gasteiger partial charge in [-0.05, 0) is 43.6 Å². The number of nitrogens with zero attached hydrogens (tertiary/aromatic N) is 4. The number of carbonyl (C=O) groups excluding carboxylic acids is 2. The molecule has 2 aliphatic heterocycles. The monoisotopic (exact) mass is 477 g/mol. The Morgan fingerprint density at radius 1 is 1.00 bits per heavy atom. The van der Waals surface area contributed by atoms with Gasteiger partial charge in [-0.25, -0.2) is 28.4 Å². The van der Waals surface area contributed by atoms with E-state index in [1.165, 1.54) is 4.90 Å². The molecule has 32 heavy (non-hydrogen) atoms. The zero-order valence-electron chi connectivity index (χ0n) is 16.3. The van der Waals surface area contributed by atoms with Crippen molar-refractivity contribution in [2.24, 2.45) is 0 Å². The van der Waals surface area contributed by atoms with Gasteiger partial charge in [-0.1, -0.05) is 0 Å². The van der Waals surface area contributed by atoms with Crippen LogP contribution >= 0.6 is 12.4 Å². The predicted molar refractivity (Wildman–Crippen MR) is 104 cm³/mol. The van der Waals surface area contributed by atoms with Crippen molar-refractivity contribution in [2.75, 3.05) is 18.0 Å². The summed E-state index contributed by atoms with van der Waals surface area (Å²) in [4.78, 5) is 35.2. The van der Waals surface area contributed by atoms with E-state index in [9.17, 15) is 31.5 Å². The molecule has 1 aromatic carbocycles. The first-order chi connectivity index (χ1) is 14.6. The zero-order valence-corrected chi connectivity index (χ0v) is 17.1. The average Bonchev–Trinajstić information content (AvgIpc) is 2.89. The van der Waals surface area contributed by atoms with E-state index in [-0.39, 0.29) is 43.2 Å². The van der Waals surface area contributed by atoms with E-state index >= 15 is 0 Å². The molecule has 2 saturated heterocycles. The molecule has 0 bridgehead atoms. The second kappa shape index (κ2) is 8.58. The molecule has 0 unspecified atom stereocenters. The largest absolute Gasteiger partial charge is 0.434 e. The summed E-state index contributed by atoms with van der Waals surface area (Å²) < 4.78 is 65.6. The molecule has 3 amide bonds. The Morgan fingerprint density at radius 2 is 1.62 bits per heavy atom. The number of hydrogen-bond donors (Lipinski definition) is 1. The number of halogens is 6. The highest BCUT2D eigenvalue weighted by molar-refractivity contribution is 6.22. The Morgan fingerprint density at radius 3 is 2.16 bits per heavy atom. The highest BCUT2D eigenvalue weighted by Crippen LogP contribution is 2.39. The zero-order chi connectivity index (χ0) is 22.4. The molecule has 0 atom stereocenters. The summed E-state index contributed by atoms with van der Waals surface area (Å²) in [5, 5.41) is 3.07. The van der Waals surface area contributed by atoms with Crippen LogP contribution in [0.2, 0.25) is 0 Å². The van der Waals surface area contributed by atoms with Gasteiger partial charge < -0.3 is 10.2 Å². The highest BCUT2D eigenvalue weighted by Gasteiger charge is 2.58. The summed E-state index contributed by atoms with van der Waals surface area (Å²) in [5.41, 5.74) is -2.44. The van der Waals surface area contributed by atoms with Gasteiger partial charge in [-0.2, -0.15) is 13.2 Å². The van der Waals surface area contributed by atoms with Gasteiger partial charge in [-0.15, -0.1) is 12.4 Å². The second-order valence-electron chi connectivity index (χ2n) is 7.33. The van der Waals surface area contributed by atoms with E-state index in [4.69, 9.17) is 0 Å². The summed E-state index contributed by atoms with van der Waals surface area (Å²) in [6.45, 7) is 0.545. The van der Waals surface area contributed by atoms with Crippen LogP contribution in [0.4, 0.5) is 32.6 Å². The molecular weight excluding hydrogens is 461 g/mol. The Balaban J connectivity index is 0.00000289. The van der Waals surface area contributed by atoms with Crippen LogP contribution < -0.4 is 10.2 Å². The minimum atomic E-state index is -4.73. The molecule has 13 heteroatoms. The summed E-state index contributed by atoms with van der Waals surface area (Å²) in [7, 11) is 0. The van der Waals surface area contributed by atoms with Crippen LogP contribution in [-0.4, -0.2) is 45.4 Å². The van der Waals surface area contributed by atoms with Crippen LogP contribution in [0.25, 0.3) is 0 Å². The van der Waals surface area contributed by atoms with Gasteiger partial charge in [0.1, 0.15) is 17.2 Å². The number of alkyl halides is 3. The van der Waals surface area contributed by atoms with Crippen molar-refractivity contribution in [3.63, 3.8) is 0 Å². The van der Waals surface area contributed by atoms with Crippen LogP contribution in [0.3, 0.4) is 0 Å². The van der Waals surface area contributed by atoms with Crippen LogP contribution in [0.5, 0.6) is 0 Å². The average molecular weight is 478 g/mol. The lowest BCUT2D eigenvalue weighted by molar-refractivity contribution is -0.141. The Hall–Kier alpha value is -2.86. The topological polar surface area (TPSA) is 78.4 Å². The fraction of sp³-hybridized carbons (Fsp3) is 0.368. The van der Waals surface area contributed by atoms with E-state index in [1.54, 1.807) is 0 Å². The predicted octanol–water partition coefficient (Wildman–Crippen LogP) is 3.29. The fourth-order valence-electron chi connectivity index (χ4n) is 3.93. The number of aromatic nitrogens is 2. The SMILES string of the molecule is Cl.O=C1N(c2cnc(C(F)(F)F)cn2)C(=O)C2(CCNCC2)N1Cc1cc(F)cc(F)c1. The normalized spacial score (nSPS) is 18.3. The van der Waals surface area contributed by atoms with Crippen molar-refractivity contribution in [1.29, 1.82) is 0 Å². The maximum Gasteiger partial charge on any atom is 0.434 e. The molecule has 3 heterocycles. The maximum absolute atomic E-state index is 13.6. The number of benzene rings is 1. The Bertz CT molecular complexity index is 1010. The Kier molecular flexibility index (Phi) is 6.38. The number of piperidine rings is 1. The number of carbonyl (C=O) groups is 2. The van der Waals surface area contributed by atoms with E-state index in [2.05, 4.69) is 15.3 Å². The van der Waals surface area contributed by atoms with Crippen molar-refractivity contribution >= 4 is 30.2 Å². The third-order valence-electron chi connectivity index (χ3n) is 5.39. The van der Waals surface area contributed by atoms with Gasteiger partial charge in [0.15, 0.2) is 11.5 Å². The van der Waals surface area contributed by atoms with Crippen molar-refractivity contribution in [2.45, 2.75) is 31.1 Å². The number of urea groups is 1. The lowest BCUT2D eigenvalue weighted by atomic mass is 9.86. The molecule has 4 rings (SSSR count). The first kappa shape index (κ1) is 23.8. The summed E-state index contributed by atoms with van der Waals surface area (Å²) >= 11 is 0. The van der Waals surface area contributed by atoms with Crippen LogP contribution in [-0.2, 0) is 17.5 Å². The van der Waals surface area contributed by atoms with Gasteiger partial charge in [0.2, 0.25) is 0 Å². The number of nitrogens with one attached hydrogen (secondary N) is 1. The van der Waals surface area contributed by atoms with E-state index in [0.29, 0.717) is 36.4 Å². The first-order valence-electron chi connectivity index (χ1n) is 9.33.